The molecule has 1 aliphatic rings. The van der Waals surface area contributed by atoms with Gasteiger partial charge in [0.25, 0.3) is 0 Å². The minimum Gasteiger partial charge on any atom is -0.259 e. The molecule has 0 amide bonds. The van der Waals surface area contributed by atoms with Crippen molar-refractivity contribution in [1.29, 1.82) is 0 Å². The number of aliphatic imine (C=N–C) groups is 1. The normalized spacial score (nSPS) is 31.9. The number of rotatable bonds is 1. The zero-order chi connectivity index (χ0) is 5.11. The lowest BCUT2D eigenvalue weighted by atomic mass is 11.0. The molecule has 1 rings (SSSR count). The van der Waals surface area contributed by atoms with E-state index in [4.69, 9.17) is 0 Å². The molecule has 1 heterocycles. The Balaban J connectivity index is 2.44. The molecule has 0 saturated heterocycles. The first-order valence-corrected chi connectivity index (χ1v) is 3.85. The standard InChI is InChI=1S/C5H8NS/c1-2-7-4-3-6-5-7/h3-5,7H,1-2H2. The molecule has 39 valence electrons. The molecule has 1 unspecified atom stereocenters. The lowest BCUT2D eigenvalue weighted by Gasteiger charge is -1.98. The van der Waals surface area contributed by atoms with Gasteiger partial charge in [0, 0.05) is 11.7 Å². The SMILES string of the molecule is [CH2]C[SH]1C=CN=C1. The molecule has 0 saturated carbocycles. The van der Waals surface area contributed by atoms with Gasteiger partial charge in [0.1, 0.15) is 0 Å². The van der Waals surface area contributed by atoms with E-state index in [0.717, 1.165) is 5.75 Å². The summed E-state index contributed by atoms with van der Waals surface area (Å²) in [5, 5.41) is 2.11. The first-order chi connectivity index (χ1) is 3.43. The maximum absolute atomic E-state index is 3.92. The van der Waals surface area contributed by atoms with E-state index >= 15 is 0 Å². The zero-order valence-electron chi connectivity index (χ0n) is 4.04. The van der Waals surface area contributed by atoms with Gasteiger partial charge in [0.05, 0.1) is 0 Å². The zero-order valence-corrected chi connectivity index (χ0v) is 4.94. The van der Waals surface area contributed by atoms with Gasteiger partial charge in [-0.2, -0.15) is 10.9 Å². The molecule has 0 aromatic rings. The number of thiol groups is 1. The van der Waals surface area contributed by atoms with E-state index in [-0.39, 0.29) is 10.9 Å². The van der Waals surface area contributed by atoms with Crippen molar-refractivity contribution >= 4 is 16.4 Å². The van der Waals surface area contributed by atoms with E-state index in [1.807, 2.05) is 11.7 Å². The van der Waals surface area contributed by atoms with Crippen LogP contribution in [-0.2, 0) is 0 Å². The predicted octanol–water partition coefficient (Wildman–Crippen LogP) is 1.33. The van der Waals surface area contributed by atoms with Crippen molar-refractivity contribution < 1.29 is 0 Å². The fourth-order valence-electron chi connectivity index (χ4n) is 0.419. The van der Waals surface area contributed by atoms with Crippen LogP contribution in [0.3, 0.4) is 0 Å². The van der Waals surface area contributed by atoms with E-state index in [1.165, 1.54) is 0 Å². The monoisotopic (exact) mass is 114 g/mol. The van der Waals surface area contributed by atoms with Gasteiger partial charge in [0.15, 0.2) is 0 Å². The van der Waals surface area contributed by atoms with Crippen LogP contribution in [0.5, 0.6) is 0 Å². The van der Waals surface area contributed by atoms with Crippen LogP contribution in [0, 0.1) is 6.92 Å². The third-order valence-electron chi connectivity index (χ3n) is 0.817. The topological polar surface area (TPSA) is 12.4 Å². The van der Waals surface area contributed by atoms with Crippen molar-refractivity contribution in [2.75, 3.05) is 5.75 Å². The number of nitrogens with zero attached hydrogens (tertiary/aromatic N) is 1. The average molecular weight is 114 g/mol. The van der Waals surface area contributed by atoms with Gasteiger partial charge < -0.3 is 0 Å². The van der Waals surface area contributed by atoms with E-state index < -0.39 is 0 Å². The largest absolute Gasteiger partial charge is 0.259 e. The molecule has 1 nitrogen and oxygen atoms in total. The van der Waals surface area contributed by atoms with Crippen molar-refractivity contribution in [3.05, 3.63) is 18.5 Å². The van der Waals surface area contributed by atoms with Crippen molar-refractivity contribution in [2.45, 2.75) is 0 Å². The Kier molecular flexibility index (Phi) is 1.52. The summed E-state index contributed by atoms with van der Waals surface area (Å²) in [4.78, 5) is 3.92. The van der Waals surface area contributed by atoms with Crippen LogP contribution in [0.1, 0.15) is 0 Å². The van der Waals surface area contributed by atoms with Gasteiger partial charge in [-0.25, -0.2) is 0 Å². The second kappa shape index (κ2) is 2.17. The highest BCUT2D eigenvalue weighted by atomic mass is 32.2. The van der Waals surface area contributed by atoms with Crippen LogP contribution in [0.15, 0.2) is 16.6 Å². The minimum absolute atomic E-state index is 0.0262. The predicted molar refractivity (Wildman–Crippen MR) is 36.8 cm³/mol. The van der Waals surface area contributed by atoms with E-state index in [9.17, 15) is 0 Å². The maximum Gasteiger partial charge on any atom is 0.0436 e. The minimum atomic E-state index is -0.0262. The molecule has 0 spiro atoms. The Bertz CT molecular complexity index is 94.6. The fourth-order valence-corrected chi connectivity index (χ4v) is 1.26. The molecule has 0 aromatic heterocycles. The van der Waals surface area contributed by atoms with Gasteiger partial charge in [-0.05, 0) is 18.1 Å². The van der Waals surface area contributed by atoms with Crippen molar-refractivity contribution in [3.8, 4) is 0 Å². The Morgan fingerprint density at radius 2 is 2.57 bits per heavy atom. The molecule has 0 aliphatic carbocycles. The van der Waals surface area contributed by atoms with Crippen molar-refractivity contribution in [1.82, 2.24) is 0 Å². The first kappa shape index (κ1) is 4.91. The lowest BCUT2D eigenvalue weighted by Crippen LogP contribution is -1.74. The first-order valence-electron chi connectivity index (χ1n) is 2.18. The summed E-state index contributed by atoms with van der Waals surface area (Å²) >= 11 is 0. The lowest BCUT2D eigenvalue weighted by molar-refractivity contribution is 1.65. The highest BCUT2D eigenvalue weighted by molar-refractivity contribution is 8.31. The van der Waals surface area contributed by atoms with Crippen molar-refractivity contribution in [2.24, 2.45) is 4.99 Å². The van der Waals surface area contributed by atoms with Gasteiger partial charge in [0.2, 0.25) is 0 Å². The van der Waals surface area contributed by atoms with E-state index in [1.54, 1.807) is 0 Å². The molecule has 0 bridgehead atoms. The van der Waals surface area contributed by atoms with E-state index in [0.29, 0.717) is 0 Å². The highest BCUT2D eigenvalue weighted by Crippen LogP contribution is 2.25. The molecule has 1 aliphatic heterocycles. The van der Waals surface area contributed by atoms with Gasteiger partial charge in [-0.15, -0.1) is 0 Å². The molecule has 0 fully saturated rings. The summed E-state index contributed by atoms with van der Waals surface area (Å²) in [7, 11) is -0.0262. The van der Waals surface area contributed by atoms with Crippen LogP contribution >= 0.6 is 10.9 Å². The maximum atomic E-state index is 3.92. The molecule has 7 heavy (non-hydrogen) atoms. The summed E-state index contributed by atoms with van der Waals surface area (Å²) in [6, 6.07) is 0. The molecule has 0 aromatic carbocycles. The Morgan fingerprint density at radius 1 is 1.71 bits per heavy atom. The van der Waals surface area contributed by atoms with E-state index in [2.05, 4.69) is 17.3 Å². The molecular weight excluding hydrogens is 106 g/mol. The highest BCUT2D eigenvalue weighted by Gasteiger charge is 1.92. The molecular formula is C5H8NS. The molecule has 1 atom stereocenters. The Hall–Kier alpha value is -0.240. The van der Waals surface area contributed by atoms with Gasteiger partial charge >= 0.3 is 0 Å². The Labute approximate surface area is 46.5 Å². The van der Waals surface area contributed by atoms with Crippen LogP contribution in [0.25, 0.3) is 0 Å². The fraction of sp³-hybridized carbons (Fsp3) is 0.200. The second-order valence-electron chi connectivity index (χ2n) is 1.30. The number of hydrogen-bond donors (Lipinski definition) is 1. The van der Waals surface area contributed by atoms with Crippen LogP contribution in [-0.4, -0.2) is 11.3 Å². The molecule has 0 N–H and O–H groups in total. The summed E-state index contributed by atoms with van der Waals surface area (Å²) in [6.45, 7) is 3.75. The third-order valence-corrected chi connectivity index (χ3v) is 2.28. The van der Waals surface area contributed by atoms with Crippen LogP contribution in [0.2, 0.25) is 0 Å². The summed E-state index contributed by atoms with van der Waals surface area (Å²) in [5.41, 5.74) is 1.97. The summed E-state index contributed by atoms with van der Waals surface area (Å²) < 4.78 is 0. The van der Waals surface area contributed by atoms with Crippen LogP contribution < -0.4 is 0 Å². The smallest absolute Gasteiger partial charge is 0.0436 e. The summed E-state index contributed by atoms with van der Waals surface area (Å²) in [6.07, 6.45) is 1.84. The number of hydrogen-bond acceptors (Lipinski definition) is 1. The van der Waals surface area contributed by atoms with Gasteiger partial charge in [-0.1, -0.05) is 0 Å². The quantitative estimate of drug-likeness (QED) is 0.494. The average Bonchev–Trinajstić information content (AvgIpc) is 2.14. The second-order valence-corrected chi connectivity index (χ2v) is 3.31. The third kappa shape index (κ3) is 1.06. The summed E-state index contributed by atoms with van der Waals surface area (Å²) in [5.74, 6) is 0.995. The molecule has 2 heteroatoms. The Morgan fingerprint density at radius 3 is 2.86 bits per heavy atom. The van der Waals surface area contributed by atoms with Crippen molar-refractivity contribution in [3.63, 3.8) is 0 Å². The molecule has 1 radical (unpaired) electrons. The van der Waals surface area contributed by atoms with Gasteiger partial charge in [-0.3, -0.25) is 4.99 Å². The van der Waals surface area contributed by atoms with Crippen LogP contribution in [0.4, 0.5) is 0 Å².